The van der Waals surface area contributed by atoms with Gasteiger partial charge in [-0.05, 0) is 26.2 Å². The third-order valence-corrected chi connectivity index (χ3v) is 3.50. The maximum atomic E-state index is 11.3. The summed E-state index contributed by atoms with van der Waals surface area (Å²) in [6.07, 6.45) is 4.26. The molecule has 1 unspecified atom stereocenters. The lowest BCUT2D eigenvalue weighted by atomic mass is 9.94. The van der Waals surface area contributed by atoms with Crippen molar-refractivity contribution >= 4 is 5.78 Å². The molecule has 0 N–H and O–H groups in total. The van der Waals surface area contributed by atoms with E-state index in [2.05, 4.69) is 14.8 Å². The van der Waals surface area contributed by atoms with E-state index in [0.29, 0.717) is 5.92 Å². The van der Waals surface area contributed by atoms with Crippen LogP contribution in [-0.2, 0) is 17.8 Å². The third-order valence-electron chi connectivity index (χ3n) is 3.50. The van der Waals surface area contributed by atoms with Crippen molar-refractivity contribution in [3.05, 3.63) is 11.6 Å². The summed E-state index contributed by atoms with van der Waals surface area (Å²) in [4.78, 5) is 11.3. The Kier molecular flexibility index (Phi) is 1.90. The molecule has 1 aliphatic heterocycles. The molecule has 4 heteroatoms. The molecule has 0 spiro atoms. The number of ketones is 1. The molecule has 4 nitrogen and oxygen atoms in total. The quantitative estimate of drug-likeness (QED) is 0.731. The van der Waals surface area contributed by atoms with Crippen molar-refractivity contribution in [2.75, 3.05) is 0 Å². The Hall–Kier alpha value is -1.19. The first kappa shape index (κ1) is 9.07. The summed E-state index contributed by atoms with van der Waals surface area (Å²) in [7, 11) is 0. The van der Waals surface area contributed by atoms with Crippen molar-refractivity contribution < 1.29 is 4.79 Å². The lowest BCUT2D eigenvalue weighted by molar-refractivity contribution is -0.121. The molecule has 0 aromatic carbocycles. The van der Waals surface area contributed by atoms with Gasteiger partial charge in [-0.1, -0.05) is 0 Å². The maximum absolute atomic E-state index is 11.3. The lowest BCUT2D eigenvalue weighted by Gasteiger charge is -2.21. The van der Waals surface area contributed by atoms with Gasteiger partial charge in [-0.2, -0.15) is 0 Å². The predicted molar refractivity (Wildman–Crippen MR) is 54.5 cm³/mol. The number of carbonyl (C=O) groups excluding carboxylic acids is 1. The van der Waals surface area contributed by atoms with E-state index in [4.69, 9.17) is 0 Å². The topological polar surface area (TPSA) is 47.8 Å². The van der Waals surface area contributed by atoms with Gasteiger partial charge in [0.25, 0.3) is 0 Å². The standard InChI is InChI=1S/C11H15N3O/c1-7(15)9-4-5-14-10(6-9)12-13-11(14)8-2-3-8/h8-9H,2-6H2,1H3. The summed E-state index contributed by atoms with van der Waals surface area (Å²) in [5, 5.41) is 8.47. The summed E-state index contributed by atoms with van der Waals surface area (Å²) in [5.74, 6) is 3.29. The van der Waals surface area contributed by atoms with Gasteiger partial charge in [0.15, 0.2) is 0 Å². The van der Waals surface area contributed by atoms with Gasteiger partial charge in [0.1, 0.15) is 17.4 Å². The molecule has 15 heavy (non-hydrogen) atoms. The number of nitrogens with zero attached hydrogens (tertiary/aromatic N) is 3. The second-order valence-corrected chi connectivity index (χ2v) is 4.70. The van der Waals surface area contributed by atoms with Crippen LogP contribution in [0.4, 0.5) is 0 Å². The van der Waals surface area contributed by atoms with Crippen LogP contribution in [0, 0.1) is 5.92 Å². The highest BCUT2D eigenvalue weighted by molar-refractivity contribution is 5.78. The Morgan fingerprint density at radius 3 is 2.80 bits per heavy atom. The van der Waals surface area contributed by atoms with E-state index in [0.717, 1.165) is 31.0 Å². The largest absolute Gasteiger partial charge is 0.315 e. The molecule has 1 aromatic heterocycles. The van der Waals surface area contributed by atoms with Crippen molar-refractivity contribution in [3.8, 4) is 0 Å². The summed E-state index contributed by atoms with van der Waals surface area (Å²) >= 11 is 0. The number of Topliss-reactive ketones (excluding diaryl/α,β-unsaturated/α-hetero) is 1. The molecule has 1 saturated carbocycles. The van der Waals surface area contributed by atoms with Crippen LogP contribution in [0.3, 0.4) is 0 Å². The van der Waals surface area contributed by atoms with Crippen molar-refractivity contribution in [1.29, 1.82) is 0 Å². The minimum absolute atomic E-state index is 0.175. The molecular weight excluding hydrogens is 190 g/mol. The predicted octanol–water partition coefficient (Wildman–Crippen LogP) is 1.31. The minimum atomic E-state index is 0.175. The van der Waals surface area contributed by atoms with Gasteiger partial charge in [-0.25, -0.2) is 0 Å². The van der Waals surface area contributed by atoms with Crippen molar-refractivity contribution in [2.45, 2.75) is 45.1 Å². The number of fused-ring (bicyclic) bond motifs is 1. The highest BCUT2D eigenvalue weighted by atomic mass is 16.1. The van der Waals surface area contributed by atoms with Gasteiger partial charge in [0, 0.05) is 24.8 Å². The lowest BCUT2D eigenvalue weighted by Crippen LogP contribution is -2.25. The number of aromatic nitrogens is 3. The number of hydrogen-bond donors (Lipinski definition) is 0. The van der Waals surface area contributed by atoms with Crippen molar-refractivity contribution in [3.63, 3.8) is 0 Å². The minimum Gasteiger partial charge on any atom is -0.315 e. The maximum Gasteiger partial charge on any atom is 0.136 e. The zero-order valence-electron chi connectivity index (χ0n) is 8.94. The van der Waals surface area contributed by atoms with E-state index < -0.39 is 0 Å². The van der Waals surface area contributed by atoms with Gasteiger partial charge in [0.05, 0.1) is 0 Å². The van der Waals surface area contributed by atoms with Crippen LogP contribution in [0.1, 0.15) is 43.8 Å². The Morgan fingerprint density at radius 1 is 1.33 bits per heavy atom. The number of rotatable bonds is 2. The van der Waals surface area contributed by atoms with Gasteiger partial charge < -0.3 is 4.57 Å². The number of carbonyl (C=O) groups is 1. The van der Waals surface area contributed by atoms with Crippen LogP contribution < -0.4 is 0 Å². The Labute approximate surface area is 88.7 Å². The van der Waals surface area contributed by atoms with Crippen LogP contribution in [0.15, 0.2) is 0 Å². The molecule has 1 atom stereocenters. The van der Waals surface area contributed by atoms with Gasteiger partial charge >= 0.3 is 0 Å². The normalized spacial score (nSPS) is 25.0. The Morgan fingerprint density at radius 2 is 2.13 bits per heavy atom. The van der Waals surface area contributed by atoms with E-state index in [1.165, 1.54) is 12.8 Å². The van der Waals surface area contributed by atoms with Crippen LogP contribution >= 0.6 is 0 Å². The summed E-state index contributed by atoms with van der Waals surface area (Å²) in [6, 6.07) is 0. The first-order valence-corrected chi connectivity index (χ1v) is 5.68. The first-order valence-electron chi connectivity index (χ1n) is 5.68. The average Bonchev–Trinajstić information content (AvgIpc) is 2.98. The summed E-state index contributed by atoms with van der Waals surface area (Å²) in [6.45, 7) is 2.61. The van der Waals surface area contributed by atoms with Gasteiger partial charge in [0.2, 0.25) is 0 Å². The van der Waals surface area contributed by atoms with E-state index in [1.807, 2.05) is 0 Å². The van der Waals surface area contributed by atoms with E-state index in [-0.39, 0.29) is 11.7 Å². The van der Waals surface area contributed by atoms with E-state index in [1.54, 1.807) is 6.92 Å². The molecule has 1 fully saturated rings. The van der Waals surface area contributed by atoms with Gasteiger partial charge in [-0.3, -0.25) is 4.79 Å². The van der Waals surface area contributed by atoms with Crippen LogP contribution in [0.2, 0.25) is 0 Å². The molecule has 0 amide bonds. The Bertz CT molecular complexity index is 406. The molecule has 0 radical (unpaired) electrons. The molecule has 2 aliphatic rings. The molecule has 0 bridgehead atoms. The zero-order valence-corrected chi connectivity index (χ0v) is 8.94. The summed E-state index contributed by atoms with van der Waals surface area (Å²) in [5.41, 5.74) is 0. The van der Waals surface area contributed by atoms with E-state index >= 15 is 0 Å². The highest BCUT2D eigenvalue weighted by Crippen LogP contribution is 2.40. The molecular formula is C11H15N3O. The molecule has 0 saturated heterocycles. The fourth-order valence-corrected chi connectivity index (χ4v) is 2.34. The monoisotopic (exact) mass is 205 g/mol. The van der Waals surface area contributed by atoms with Crippen LogP contribution in [0.25, 0.3) is 0 Å². The average molecular weight is 205 g/mol. The second-order valence-electron chi connectivity index (χ2n) is 4.70. The Balaban J connectivity index is 1.88. The molecule has 1 aromatic rings. The van der Waals surface area contributed by atoms with Gasteiger partial charge in [-0.15, -0.1) is 10.2 Å². The first-order chi connectivity index (χ1) is 7.25. The smallest absolute Gasteiger partial charge is 0.136 e. The van der Waals surface area contributed by atoms with Crippen LogP contribution in [-0.4, -0.2) is 20.5 Å². The molecule has 2 heterocycles. The number of hydrogen-bond acceptors (Lipinski definition) is 3. The van der Waals surface area contributed by atoms with Crippen molar-refractivity contribution in [2.24, 2.45) is 5.92 Å². The van der Waals surface area contributed by atoms with Crippen LogP contribution in [0.5, 0.6) is 0 Å². The fourth-order valence-electron chi connectivity index (χ4n) is 2.34. The molecule has 3 rings (SSSR count). The SMILES string of the molecule is CC(=O)C1CCn2c(nnc2C2CC2)C1. The van der Waals surface area contributed by atoms with Crippen molar-refractivity contribution in [1.82, 2.24) is 14.8 Å². The van der Waals surface area contributed by atoms with E-state index in [9.17, 15) is 4.79 Å². The third kappa shape index (κ3) is 1.48. The second kappa shape index (κ2) is 3.15. The molecule has 1 aliphatic carbocycles. The summed E-state index contributed by atoms with van der Waals surface area (Å²) < 4.78 is 2.23. The zero-order chi connectivity index (χ0) is 10.4. The molecule has 80 valence electrons. The fraction of sp³-hybridized carbons (Fsp3) is 0.727. The highest BCUT2D eigenvalue weighted by Gasteiger charge is 2.33.